The molecule has 5 rings (SSSR count). The molecule has 1 aliphatic heterocycles. The van der Waals surface area contributed by atoms with E-state index in [1.54, 1.807) is 6.07 Å². The van der Waals surface area contributed by atoms with Crippen LogP contribution in [0.1, 0.15) is 32.8 Å². The summed E-state index contributed by atoms with van der Waals surface area (Å²) in [5, 5.41) is 0. The second-order valence-corrected chi connectivity index (χ2v) is 10.8. The van der Waals surface area contributed by atoms with Crippen molar-refractivity contribution in [2.24, 2.45) is 5.92 Å². The Balaban J connectivity index is 1.21. The third kappa shape index (κ3) is 6.57. The normalized spacial score (nSPS) is 14.9. The van der Waals surface area contributed by atoms with Gasteiger partial charge in [0.25, 0.3) is 0 Å². The van der Waals surface area contributed by atoms with Gasteiger partial charge in [0.1, 0.15) is 6.10 Å². The van der Waals surface area contributed by atoms with E-state index in [9.17, 15) is 9.59 Å². The molecule has 8 nitrogen and oxygen atoms in total. The standard InChI is InChI=1S/C32H37N3O5/c1-23(2)19-24(3)39-32(37)38-22-35-29-14-8-13-28(30(29)40-31(35)36)34-17-15-33(16-18-34)21-25-9-7-12-27(20-25)26-10-5-4-6-11-26/h4-14,20,23-24H,15-19,21-22H2,1-3H3. The van der Waals surface area contributed by atoms with E-state index in [1.165, 1.54) is 21.3 Å². The van der Waals surface area contributed by atoms with Gasteiger partial charge >= 0.3 is 11.9 Å². The molecule has 1 atom stereocenters. The van der Waals surface area contributed by atoms with Crippen LogP contribution in [0.15, 0.2) is 82.0 Å². The summed E-state index contributed by atoms with van der Waals surface area (Å²) in [6.45, 7) is 9.96. The lowest BCUT2D eigenvalue weighted by atomic mass is 10.0. The number of hydrogen-bond donors (Lipinski definition) is 0. The zero-order chi connectivity index (χ0) is 28.1. The molecule has 0 bridgehead atoms. The Labute approximate surface area is 234 Å². The summed E-state index contributed by atoms with van der Waals surface area (Å²) in [5.74, 6) is -0.170. The first kappa shape index (κ1) is 27.5. The fraction of sp³-hybridized carbons (Fsp3) is 0.375. The zero-order valence-electron chi connectivity index (χ0n) is 23.4. The third-order valence-electron chi connectivity index (χ3n) is 7.24. The van der Waals surface area contributed by atoms with E-state index >= 15 is 0 Å². The molecule has 40 heavy (non-hydrogen) atoms. The minimum absolute atomic E-state index is 0.261. The van der Waals surface area contributed by atoms with Gasteiger partial charge < -0.3 is 18.8 Å². The van der Waals surface area contributed by atoms with Gasteiger partial charge in [-0.3, -0.25) is 4.90 Å². The molecule has 8 heteroatoms. The number of fused-ring (bicyclic) bond motifs is 1. The van der Waals surface area contributed by atoms with Crippen LogP contribution in [-0.4, -0.2) is 47.9 Å². The summed E-state index contributed by atoms with van der Waals surface area (Å²) in [6.07, 6.45) is -0.320. The molecular weight excluding hydrogens is 506 g/mol. The first-order valence-electron chi connectivity index (χ1n) is 13.9. The molecule has 0 saturated carbocycles. The topological polar surface area (TPSA) is 77.1 Å². The van der Waals surface area contributed by atoms with E-state index < -0.39 is 11.9 Å². The number of carbonyl (C=O) groups excluding carboxylic acids is 1. The molecule has 2 heterocycles. The summed E-state index contributed by atoms with van der Waals surface area (Å²) in [7, 11) is 0. The van der Waals surface area contributed by atoms with E-state index in [1.807, 2.05) is 25.1 Å². The van der Waals surface area contributed by atoms with Crippen molar-refractivity contribution >= 4 is 22.9 Å². The Morgan fingerprint density at radius 2 is 1.62 bits per heavy atom. The molecule has 1 aliphatic rings. The van der Waals surface area contributed by atoms with Gasteiger partial charge in [0.05, 0.1) is 11.2 Å². The number of piperazine rings is 1. The maximum Gasteiger partial charge on any atom is 0.510 e. The van der Waals surface area contributed by atoms with E-state index in [0.717, 1.165) is 44.8 Å². The van der Waals surface area contributed by atoms with Crippen LogP contribution in [0, 0.1) is 5.92 Å². The molecule has 1 saturated heterocycles. The highest BCUT2D eigenvalue weighted by Crippen LogP contribution is 2.28. The number of hydrogen-bond acceptors (Lipinski definition) is 7. The number of aromatic nitrogens is 1. The highest BCUT2D eigenvalue weighted by atomic mass is 16.7. The average molecular weight is 544 g/mol. The Morgan fingerprint density at radius 3 is 2.38 bits per heavy atom. The lowest BCUT2D eigenvalue weighted by Gasteiger charge is -2.36. The largest absolute Gasteiger partial charge is 0.510 e. The highest BCUT2D eigenvalue weighted by Gasteiger charge is 2.22. The number of rotatable bonds is 9. The second-order valence-electron chi connectivity index (χ2n) is 10.8. The van der Waals surface area contributed by atoms with Crippen LogP contribution < -0.4 is 10.7 Å². The van der Waals surface area contributed by atoms with Crippen molar-refractivity contribution in [2.75, 3.05) is 31.1 Å². The Bertz CT molecular complexity index is 1490. The number of carbonyl (C=O) groups is 1. The van der Waals surface area contributed by atoms with E-state index in [-0.39, 0.29) is 12.8 Å². The van der Waals surface area contributed by atoms with Crippen LogP contribution >= 0.6 is 0 Å². The van der Waals surface area contributed by atoms with Crippen LogP contribution in [0.3, 0.4) is 0 Å². The summed E-state index contributed by atoms with van der Waals surface area (Å²) < 4.78 is 17.5. The van der Waals surface area contributed by atoms with Gasteiger partial charge in [0.15, 0.2) is 12.3 Å². The average Bonchev–Trinajstić information content (AvgIpc) is 3.27. The molecule has 1 fully saturated rings. The van der Waals surface area contributed by atoms with Crippen LogP contribution in [0.2, 0.25) is 0 Å². The molecule has 0 amide bonds. The molecule has 1 aromatic heterocycles. The van der Waals surface area contributed by atoms with Gasteiger partial charge in [-0.05, 0) is 54.2 Å². The van der Waals surface area contributed by atoms with Crippen molar-refractivity contribution in [3.63, 3.8) is 0 Å². The number of ether oxygens (including phenoxy) is 2. The number of benzene rings is 3. The minimum Gasteiger partial charge on any atom is -0.431 e. The van der Waals surface area contributed by atoms with Crippen molar-refractivity contribution in [3.8, 4) is 11.1 Å². The maximum atomic E-state index is 12.7. The van der Waals surface area contributed by atoms with Gasteiger partial charge in [0, 0.05) is 32.7 Å². The van der Waals surface area contributed by atoms with Crippen LogP contribution in [0.25, 0.3) is 22.2 Å². The second kappa shape index (κ2) is 12.4. The van der Waals surface area contributed by atoms with Crippen LogP contribution in [0.4, 0.5) is 10.5 Å². The summed E-state index contributed by atoms with van der Waals surface area (Å²) in [4.78, 5) is 29.5. The first-order valence-corrected chi connectivity index (χ1v) is 13.9. The van der Waals surface area contributed by atoms with E-state index in [2.05, 4.69) is 72.2 Å². The van der Waals surface area contributed by atoms with Crippen LogP contribution in [0.5, 0.6) is 0 Å². The van der Waals surface area contributed by atoms with Crippen molar-refractivity contribution < 1.29 is 18.7 Å². The molecule has 4 aromatic rings. The van der Waals surface area contributed by atoms with Gasteiger partial charge in [-0.25, -0.2) is 14.2 Å². The number of oxazole rings is 1. The molecule has 0 spiro atoms. The van der Waals surface area contributed by atoms with E-state index in [0.29, 0.717) is 17.0 Å². The minimum atomic E-state index is -0.795. The first-order chi connectivity index (χ1) is 19.4. The van der Waals surface area contributed by atoms with Gasteiger partial charge in [-0.2, -0.15) is 0 Å². The number of para-hydroxylation sites is 1. The summed E-state index contributed by atoms with van der Waals surface area (Å²) in [5.41, 5.74) is 5.69. The Hall–Kier alpha value is -4.04. The Morgan fingerprint density at radius 1 is 0.900 bits per heavy atom. The van der Waals surface area contributed by atoms with E-state index in [4.69, 9.17) is 13.9 Å². The zero-order valence-corrected chi connectivity index (χ0v) is 23.4. The van der Waals surface area contributed by atoms with Crippen molar-refractivity contribution in [1.82, 2.24) is 9.47 Å². The lowest BCUT2D eigenvalue weighted by molar-refractivity contribution is 0.00607. The predicted octanol–water partition coefficient (Wildman–Crippen LogP) is 6.13. The molecular formula is C32H37N3O5. The smallest absolute Gasteiger partial charge is 0.431 e. The third-order valence-corrected chi connectivity index (χ3v) is 7.24. The molecule has 3 aromatic carbocycles. The fourth-order valence-corrected chi connectivity index (χ4v) is 5.35. The molecule has 0 radical (unpaired) electrons. The van der Waals surface area contributed by atoms with Gasteiger partial charge in [-0.15, -0.1) is 0 Å². The number of nitrogens with zero attached hydrogens (tertiary/aromatic N) is 3. The summed E-state index contributed by atoms with van der Waals surface area (Å²) >= 11 is 0. The SMILES string of the molecule is CC(C)CC(C)OC(=O)OCn1c(=O)oc2c(N3CCN(Cc4cccc(-c5ccccc5)c4)CC3)cccc21. The fourth-order valence-electron chi connectivity index (χ4n) is 5.35. The van der Waals surface area contributed by atoms with Gasteiger partial charge in [-0.1, -0.05) is 68.4 Å². The quantitative estimate of drug-likeness (QED) is 0.235. The molecule has 1 unspecified atom stereocenters. The predicted molar refractivity (Wildman–Crippen MR) is 156 cm³/mol. The van der Waals surface area contributed by atoms with Crippen molar-refractivity contribution in [2.45, 2.75) is 46.6 Å². The number of anilines is 1. The lowest BCUT2D eigenvalue weighted by Crippen LogP contribution is -2.46. The molecule has 210 valence electrons. The molecule has 0 aliphatic carbocycles. The van der Waals surface area contributed by atoms with Crippen LogP contribution in [-0.2, 0) is 22.7 Å². The highest BCUT2D eigenvalue weighted by molar-refractivity contribution is 5.87. The van der Waals surface area contributed by atoms with Crippen molar-refractivity contribution in [1.29, 1.82) is 0 Å². The van der Waals surface area contributed by atoms with Gasteiger partial charge in [0.2, 0.25) is 0 Å². The monoisotopic (exact) mass is 543 g/mol. The maximum absolute atomic E-state index is 12.7. The summed E-state index contributed by atoms with van der Waals surface area (Å²) in [6, 6.07) is 24.8. The van der Waals surface area contributed by atoms with Crippen molar-refractivity contribution in [3.05, 3.63) is 88.9 Å². The Kier molecular flexibility index (Phi) is 8.55. The molecule has 0 N–H and O–H groups in total.